The minimum absolute atomic E-state index is 0.0471. The molecule has 1 aliphatic heterocycles. The molecule has 1 saturated carbocycles. The minimum atomic E-state index is -0.162. The molecule has 2 aliphatic rings. The summed E-state index contributed by atoms with van der Waals surface area (Å²) in [5, 5.41) is 2.96. The van der Waals surface area contributed by atoms with E-state index in [0.717, 1.165) is 25.8 Å². The third-order valence-corrected chi connectivity index (χ3v) is 7.73. The zero-order valence-electron chi connectivity index (χ0n) is 21.4. The molecule has 4 rings (SSSR count). The molecule has 2 amide bonds. The van der Waals surface area contributed by atoms with Crippen molar-refractivity contribution in [3.8, 4) is 5.75 Å². The van der Waals surface area contributed by atoms with Crippen LogP contribution >= 0.6 is 0 Å². The molecule has 2 atom stereocenters. The van der Waals surface area contributed by atoms with Gasteiger partial charge in [0.15, 0.2) is 0 Å². The molecule has 1 saturated heterocycles. The molecular formula is C30H40N2O3. The lowest BCUT2D eigenvalue weighted by Gasteiger charge is -2.44. The van der Waals surface area contributed by atoms with Crippen LogP contribution in [0.1, 0.15) is 97.4 Å². The lowest BCUT2D eigenvalue weighted by molar-refractivity contribution is 0.0388. The summed E-state index contributed by atoms with van der Waals surface area (Å²) in [6.07, 6.45) is 13.1. The Kier molecular flexibility index (Phi) is 8.84. The number of likely N-dealkylation sites (tertiary alicyclic amines) is 1. The van der Waals surface area contributed by atoms with Gasteiger partial charge in [0.2, 0.25) is 0 Å². The highest BCUT2D eigenvalue weighted by atomic mass is 16.5. The molecule has 0 radical (unpaired) electrons. The van der Waals surface area contributed by atoms with Crippen LogP contribution in [0, 0.1) is 5.92 Å². The number of benzene rings is 2. The SMILES string of the molecule is CCCCCCc1ccc(C(=O)Nc2ccc(C(=O)N3CCC[C@@H]4CCCC[C@@H]43)c(OC)c2)cc1. The Morgan fingerprint density at radius 3 is 2.51 bits per heavy atom. The van der Waals surface area contributed by atoms with Gasteiger partial charge in [-0.2, -0.15) is 0 Å². The van der Waals surface area contributed by atoms with Gasteiger partial charge in [0.05, 0.1) is 12.7 Å². The molecule has 0 bridgehead atoms. The lowest BCUT2D eigenvalue weighted by atomic mass is 9.78. The number of hydrogen-bond donors (Lipinski definition) is 1. The molecule has 5 heteroatoms. The van der Waals surface area contributed by atoms with E-state index >= 15 is 0 Å². The third-order valence-electron chi connectivity index (χ3n) is 7.73. The number of hydrogen-bond acceptors (Lipinski definition) is 3. The molecule has 1 heterocycles. The number of ether oxygens (including phenoxy) is 1. The van der Waals surface area contributed by atoms with Crippen molar-refractivity contribution in [3.63, 3.8) is 0 Å². The van der Waals surface area contributed by atoms with Crippen LogP contribution in [0.2, 0.25) is 0 Å². The van der Waals surface area contributed by atoms with Gasteiger partial charge in [-0.3, -0.25) is 9.59 Å². The van der Waals surface area contributed by atoms with E-state index in [2.05, 4.69) is 17.1 Å². The number of carbonyl (C=O) groups is 2. The average Bonchev–Trinajstić information content (AvgIpc) is 2.90. The second-order valence-electron chi connectivity index (χ2n) is 10.1. The lowest BCUT2D eigenvalue weighted by Crippen LogP contribution is -2.49. The van der Waals surface area contributed by atoms with Crippen LogP contribution in [0.3, 0.4) is 0 Å². The van der Waals surface area contributed by atoms with Crippen molar-refractivity contribution in [2.24, 2.45) is 5.92 Å². The van der Waals surface area contributed by atoms with Crippen molar-refractivity contribution in [2.75, 3.05) is 19.0 Å². The first kappa shape index (κ1) is 25.3. The number of anilines is 1. The Hall–Kier alpha value is -2.82. The minimum Gasteiger partial charge on any atom is -0.496 e. The van der Waals surface area contributed by atoms with Gasteiger partial charge in [0, 0.05) is 29.9 Å². The largest absolute Gasteiger partial charge is 0.496 e. The van der Waals surface area contributed by atoms with Gasteiger partial charge in [0.1, 0.15) is 5.75 Å². The number of amides is 2. The van der Waals surface area contributed by atoms with E-state index in [4.69, 9.17) is 4.74 Å². The summed E-state index contributed by atoms with van der Waals surface area (Å²) in [4.78, 5) is 28.4. The molecule has 1 N–H and O–H groups in total. The highest BCUT2D eigenvalue weighted by molar-refractivity contribution is 6.05. The molecular weight excluding hydrogens is 436 g/mol. The van der Waals surface area contributed by atoms with Crippen molar-refractivity contribution >= 4 is 17.5 Å². The van der Waals surface area contributed by atoms with Gasteiger partial charge in [-0.05, 0) is 74.3 Å². The van der Waals surface area contributed by atoms with E-state index in [9.17, 15) is 9.59 Å². The van der Waals surface area contributed by atoms with E-state index in [1.165, 1.54) is 56.9 Å². The Morgan fingerprint density at radius 1 is 0.971 bits per heavy atom. The van der Waals surface area contributed by atoms with Crippen molar-refractivity contribution in [3.05, 3.63) is 59.2 Å². The smallest absolute Gasteiger partial charge is 0.257 e. The number of methoxy groups -OCH3 is 1. The molecule has 2 aromatic carbocycles. The van der Waals surface area contributed by atoms with Crippen LogP contribution in [0.5, 0.6) is 5.75 Å². The average molecular weight is 477 g/mol. The van der Waals surface area contributed by atoms with Crippen LogP contribution < -0.4 is 10.1 Å². The van der Waals surface area contributed by atoms with Gasteiger partial charge in [-0.25, -0.2) is 0 Å². The van der Waals surface area contributed by atoms with Crippen molar-refractivity contribution in [2.45, 2.75) is 83.6 Å². The number of fused-ring (bicyclic) bond motifs is 1. The van der Waals surface area contributed by atoms with E-state index in [1.807, 2.05) is 24.3 Å². The van der Waals surface area contributed by atoms with E-state index in [-0.39, 0.29) is 11.8 Å². The summed E-state index contributed by atoms with van der Waals surface area (Å²) >= 11 is 0. The second-order valence-corrected chi connectivity index (χ2v) is 10.1. The first-order chi connectivity index (χ1) is 17.1. The quantitative estimate of drug-likeness (QED) is 0.402. The maximum absolute atomic E-state index is 13.5. The summed E-state index contributed by atoms with van der Waals surface area (Å²) in [5.74, 6) is 1.03. The molecule has 2 fully saturated rings. The number of nitrogens with zero attached hydrogens (tertiary/aromatic N) is 1. The Labute approximate surface area is 210 Å². The van der Waals surface area contributed by atoms with Crippen LogP contribution in [-0.4, -0.2) is 36.4 Å². The molecule has 2 aromatic rings. The first-order valence-electron chi connectivity index (χ1n) is 13.5. The van der Waals surface area contributed by atoms with Gasteiger partial charge in [-0.15, -0.1) is 0 Å². The monoisotopic (exact) mass is 476 g/mol. The molecule has 5 nitrogen and oxygen atoms in total. The van der Waals surface area contributed by atoms with Gasteiger partial charge >= 0.3 is 0 Å². The summed E-state index contributed by atoms with van der Waals surface area (Å²) < 4.78 is 5.59. The predicted octanol–water partition coefficient (Wildman–Crippen LogP) is 6.87. The molecule has 0 aromatic heterocycles. The predicted molar refractivity (Wildman–Crippen MR) is 141 cm³/mol. The van der Waals surface area contributed by atoms with Crippen LogP contribution in [0.15, 0.2) is 42.5 Å². The second kappa shape index (κ2) is 12.2. The Bertz CT molecular complexity index is 999. The number of unbranched alkanes of at least 4 members (excludes halogenated alkanes) is 3. The molecule has 1 aliphatic carbocycles. The fraction of sp³-hybridized carbons (Fsp3) is 0.533. The van der Waals surface area contributed by atoms with Crippen molar-refractivity contribution < 1.29 is 14.3 Å². The zero-order valence-corrected chi connectivity index (χ0v) is 21.4. The number of piperidine rings is 1. The van der Waals surface area contributed by atoms with E-state index in [1.54, 1.807) is 25.3 Å². The van der Waals surface area contributed by atoms with Gasteiger partial charge < -0.3 is 15.0 Å². The summed E-state index contributed by atoms with van der Waals surface area (Å²) in [6, 6.07) is 13.6. The maximum Gasteiger partial charge on any atom is 0.257 e. The summed E-state index contributed by atoms with van der Waals surface area (Å²) in [6.45, 7) is 3.03. The van der Waals surface area contributed by atoms with Gasteiger partial charge in [0.25, 0.3) is 11.8 Å². The van der Waals surface area contributed by atoms with Crippen molar-refractivity contribution in [1.82, 2.24) is 4.90 Å². The molecule has 0 spiro atoms. The molecule has 188 valence electrons. The molecule has 35 heavy (non-hydrogen) atoms. The maximum atomic E-state index is 13.5. The zero-order chi connectivity index (χ0) is 24.6. The highest BCUT2D eigenvalue weighted by Gasteiger charge is 2.36. The van der Waals surface area contributed by atoms with Gasteiger partial charge in [-0.1, -0.05) is 51.2 Å². The summed E-state index contributed by atoms with van der Waals surface area (Å²) in [5.41, 5.74) is 3.09. The van der Waals surface area contributed by atoms with Crippen molar-refractivity contribution in [1.29, 1.82) is 0 Å². The highest BCUT2D eigenvalue weighted by Crippen LogP contribution is 2.37. The number of aryl methyl sites for hydroxylation is 1. The topological polar surface area (TPSA) is 58.6 Å². The first-order valence-corrected chi connectivity index (χ1v) is 13.5. The van der Waals surface area contributed by atoms with Crippen LogP contribution in [-0.2, 0) is 6.42 Å². The summed E-state index contributed by atoms with van der Waals surface area (Å²) in [7, 11) is 1.58. The normalized spacial score (nSPS) is 19.7. The van der Waals surface area contributed by atoms with Crippen LogP contribution in [0.4, 0.5) is 5.69 Å². The fourth-order valence-electron chi connectivity index (χ4n) is 5.76. The number of nitrogens with one attached hydrogen (secondary N) is 1. The number of carbonyl (C=O) groups excluding carboxylic acids is 2. The van der Waals surface area contributed by atoms with Crippen LogP contribution in [0.25, 0.3) is 0 Å². The Morgan fingerprint density at radius 2 is 1.74 bits per heavy atom. The van der Waals surface area contributed by atoms with E-state index in [0.29, 0.717) is 34.5 Å². The fourth-order valence-corrected chi connectivity index (χ4v) is 5.76. The standard InChI is InChI=1S/C30H40N2O3/c1-3-4-5-6-10-22-14-16-24(17-15-22)29(33)31-25-18-19-26(28(21-25)35-2)30(34)32-20-9-12-23-11-7-8-13-27(23)32/h14-19,21,23,27H,3-13,20H2,1-2H3,(H,31,33)/t23-,27-/m0/s1. The molecule has 0 unspecified atom stereocenters. The Balaban J connectivity index is 1.40. The number of rotatable bonds is 9. The third kappa shape index (κ3) is 6.25. The van der Waals surface area contributed by atoms with E-state index < -0.39 is 0 Å².